The van der Waals surface area contributed by atoms with Gasteiger partial charge in [0.15, 0.2) is 0 Å². The van der Waals surface area contributed by atoms with Gasteiger partial charge < -0.3 is 19.7 Å². The number of carbonyl (C=O) groups is 2. The number of hydrogen-bond acceptors (Lipinski definition) is 6. The Morgan fingerprint density at radius 3 is 2.41 bits per heavy atom. The van der Waals surface area contributed by atoms with Gasteiger partial charge in [0, 0.05) is 5.57 Å². The maximum atomic E-state index is 11.2. The number of esters is 2. The van der Waals surface area contributed by atoms with E-state index in [0.717, 1.165) is 6.26 Å². The van der Waals surface area contributed by atoms with Crippen LogP contribution in [0.15, 0.2) is 24.0 Å². The molecule has 6 nitrogen and oxygen atoms in total. The Labute approximate surface area is 99.1 Å². The van der Waals surface area contributed by atoms with Gasteiger partial charge in [0.25, 0.3) is 0 Å². The number of ether oxygens (including phenoxy) is 2. The van der Waals surface area contributed by atoms with Crippen molar-refractivity contribution in [1.29, 1.82) is 0 Å². The van der Waals surface area contributed by atoms with Crippen molar-refractivity contribution in [2.75, 3.05) is 13.2 Å². The van der Waals surface area contributed by atoms with Crippen LogP contribution in [0.5, 0.6) is 0 Å². The van der Waals surface area contributed by atoms with E-state index in [-0.39, 0.29) is 17.8 Å². The minimum Gasteiger partial charge on any atom is -0.459 e. The van der Waals surface area contributed by atoms with Crippen molar-refractivity contribution in [3.05, 3.63) is 24.0 Å². The molecule has 0 aliphatic rings. The molecule has 96 valence electrons. The lowest BCUT2D eigenvalue weighted by atomic mass is 10.3. The quantitative estimate of drug-likeness (QED) is 0.385. The Bertz CT molecular complexity index is 331. The van der Waals surface area contributed by atoms with Crippen molar-refractivity contribution in [3.63, 3.8) is 0 Å². The van der Waals surface area contributed by atoms with Gasteiger partial charge in [-0.15, -0.1) is 0 Å². The Balaban J connectivity index is 4.16. The van der Waals surface area contributed by atoms with E-state index in [1.807, 2.05) is 0 Å². The minimum absolute atomic E-state index is 0.0599. The van der Waals surface area contributed by atoms with Crippen LogP contribution in [0.25, 0.3) is 0 Å². The van der Waals surface area contributed by atoms with Crippen LogP contribution in [0.2, 0.25) is 0 Å². The summed E-state index contributed by atoms with van der Waals surface area (Å²) in [6, 6.07) is 0. The van der Waals surface area contributed by atoms with Crippen LogP contribution in [0.3, 0.4) is 0 Å². The van der Waals surface area contributed by atoms with E-state index in [4.69, 9.17) is 10.2 Å². The van der Waals surface area contributed by atoms with Gasteiger partial charge in [-0.1, -0.05) is 6.58 Å². The van der Waals surface area contributed by atoms with Crippen molar-refractivity contribution < 1.29 is 29.3 Å². The molecular weight excluding hydrogens is 228 g/mol. The first-order valence-corrected chi connectivity index (χ1v) is 4.87. The van der Waals surface area contributed by atoms with Gasteiger partial charge in [0.2, 0.25) is 0 Å². The highest BCUT2D eigenvalue weighted by atomic mass is 16.5. The summed E-state index contributed by atoms with van der Waals surface area (Å²) in [6.45, 7) is 5.41. The second-order valence-corrected chi connectivity index (χ2v) is 3.42. The average Bonchev–Trinajstić information content (AvgIpc) is 2.31. The molecule has 0 aromatic rings. The van der Waals surface area contributed by atoms with Gasteiger partial charge in [0.05, 0.1) is 12.2 Å². The summed E-state index contributed by atoms with van der Waals surface area (Å²) in [5.41, 5.74) is 0.267. The largest absolute Gasteiger partial charge is 0.459 e. The molecule has 1 unspecified atom stereocenters. The Kier molecular flexibility index (Phi) is 6.85. The molecule has 17 heavy (non-hydrogen) atoms. The molecule has 0 aromatic carbocycles. The van der Waals surface area contributed by atoms with E-state index in [0.29, 0.717) is 0 Å². The molecule has 0 saturated heterocycles. The molecule has 0 radical (unpaired) electrons. The maximum Gasteiger partial charge on any atom is 0.337 e. The van der Waals surface area contributed by atoms with Crippen molar-refractivity contribution in [2.45, 2.75) is 20.0 Å². The number of carbonyl (C=O) groups excluding carboxylic acids is 2. The SMILES string of the molecule is C=C(C)C(=O)OC=C(C)C(=O)OCC(O)CO. The molecule has 1 atom stereocenters. The van der Waals surface area contributed by atoms with E-state index in [9.17, 15) is 9.59 Å². The molecule has 0 rings (SSSR count). The third kappa shape index (κ3) is 6.49. The van der Waals surface area contributed by atoms with Crippen LogP contribution in [-0.2, 0) is 19.1 Å². The van der Waals surface area contributed by atoms with Gasteiger partial charge >= 0.3 is 11.9 Å². The van der Waals surface area contributed by atoms with Gasteiger partial charge in [-0.3, -0.25) is 0 Å². The van der Waals surface area contributed by atoms with Crippen molar-refractivity contribution in [1.82, 2.24) is 0 Å². The number of hydrogen-bond donors (Lipinski definition) is 2. The first kappa shape index (κ1) is 15.3. The smallest absolute Gasteiger partial charge is 0.337 e. The Morgan fingerprint density at radius 2 is 1.94 bits per heavy atom. The molecule has 0 heterocycles. The first-order chi connectivity index (χ1) is 7.88. The van der Waals surface area contributed by atoms with Gasteiger partial charge in [-0.05, 0) is 13.8 Å². The number of aliphatic hydroxyl groups excluding tert-OH is 2. The lowest BCUT2D eigenvalue weighted by molar-refractivity contribution is -0.142. The molecule has 0 fully saturated rings. The van der Waals surface area contributed by atoms with Gasteiger partial charge in [0.1, 0.15) is 19.0 Å². The van der Waals surface area contributed by atoms with E-state index >= 15 is 0 Å². The third-order valence-corrected chi connectivity index (χ3v) is 1.63. The van der Waals surface area contributed by atoms with E-state index in [2.05, 4.69) is 16.1 Å². The molecular formula is C11H16O6. The molecule has 0 aliphatic carbocycles. The molecule has 6 heteroatoms. The predicted molar refractivity (Wildman–Crippen MR) is 58.7 cm³/mol. The second kappa shape index (κ2) is 7.59. The van der Waals surface area contributed by atoms with Crippen LogP contribution in [0.4, 0.5) is 0 Å². The average molecular weight is 244 g/mol. The standard InChI is InChI=1S/C11H16O6/c1-7(2)10(14)16-5-8(3)11(15)17-6-9(13)4-12/h5,9,12-13H,1,4,6H2,2-3H3. The summed E-state index contributed by atoms with van der Waals surface area (Å²) >= 11 is 0. The Hall–Kier alpha value is -1.66. The summed E-state index contributed by atoms with van der Waals surface area (Å²) in [5, 5.41) is 17.4. The molecule has 0 amide bonds. The summed E-state index contributed by atoms with van der Waals surface area (Å²) in [6.07, 6.45) is -0.172. The van der Waals surface area contributed by atoms with Crippen LogP contribution in [0.1, 0.15) is 13.8 Å². The van der Waals surface area contributed by atoms with Gasteiger partial charge in [-0.25, -0.2) is 9.59 Å². The lowest BCUT2D eigenvalue weighted by Gasteiger charge is -2.08. The van der Waals surface area contributed by atoms with Crippen molar-refractivity contribution in [3.8, 4) is 0 Å². The summed E-state index contributed by atoms with van der Waals surface area (Å²) in [5.74, 6) is -1.39. The monoisotopic (exact) mass is 244 g/mol. The zero-order valence-corrected chi connectivity index (χ0v) is 9.80. The highest BCUT2D eigenvalue weighted by molar-refractivity contribution is 5.90. The summed E-state index contributed by atoms with van der Waals surface area (Å²) < 4.78 is 9.22. The molecule has 0 saturated carbocycles. The zero-order chi connectivity index (χ0) is 13.4. The van der Waals surface area contributed by atoms with Crippen LogP contribution >= 0.6 is 0 Å². The number of rotatable bonds is 6. The number of aliphatic hydroxyl groups is 2. The zero-order valence-electron chi connectivity index (χ0n) is 9.80. The molecule has 2 N–H and O–H groups in total. The topological polar surface area (TPSA) is 93.1 Å². The van der Waals surface area contributed by atoms with Crippen molar-refractivity contribution >= 4 is 11.9 Å². The normalized spacial score (nSPS) is 12.8. The van der Waals surface area contributed by atoms with E-state index in [1.165, 1.54) is 13.8 Å². The minimum atomic E-state index is -1.12. The van der Waals surface area contributed by atoms with Gasteiger partial charge in [-0.2, -0.15) is 0 Å². The lowest BCUT2D eigenvalue weighted by Crippen LogP contribution is -2.22. The second-order valence-electron chi connectivity index (χ2n) is 3.42. The fourth-order valence-electron chi connectivity index (χ4n) is 0.629. The Morgan fingerprint density at radius 1 is 1.35 bits per heavy atom. The van der Waals surface area contributed by atoms with Crippen molar-refractivity contribution in [2.24, 2.45) is 0 Å². The molecule has 0 bridgehead atoms. The summed E-state index contributed by atoms with van der Waals surface area (Å²) in [4.78, 5) is 22.2. The highest BCUT2D eigenvalue weighted by Gasteiger charge is 2.11. The highest BCUT2D eigenvalue weighted by Crippen LogP contribution is 2.01. The van der Waals surface area contributed by atoms with Crippen LogP contribution < -0.4 is 0 Å². The van der Waals surface area contributed by atoms with E-state index < -0.39 is 24.6 Å². The molecule has 0 spiro atoms. The summed E-state index contributed by atoms with van der Waals surface area (Å²) in [7, 11) is 0. The first-order valence-electron chi connectivity index (χ1n) is 4.87. The van der Waals surface area contributed by atoms with Crippen LogP contribution in [-0.4, -0.2) is 41.5 Å². The van der Waals surface area contributed by atoms with Crippen LogP contribution in [0, 0.1) is 0 Å². The fourth-order valence-corrected chi connectivity index (χ4v) is 0.629. The van der Waals surface area contributed by atoms with E-state index in [1.54, 1.807) is 0 Å². The molecule has 0 aliphatic heterocycles. The molecule has 0 aromatic heterocycles. The maximum absolute atomic E-state index is 11.2. The predicted octanol–water partition coefficient (Wildman–Crippen LogP) is -0.0941. The third-order valence-electron chi connectivity index (χ3n) is 1.63. The fraction of sp³-hybridized carbons (Fsp3) is 0.455.